The Bertz CT molecular complexity index is 199. The zero-order chi connectivity index (χ0) is 13.9. The van der Waals surface area contributed by atoms with Crippen LogP contribution in [0.4, 0.5) is 0 Å². The highest BCUT2D eigenvalue weighted by molar-refractivity contribution is 4.78. The molecule has 114 valence electrons. The Hall–Kier alpha value is -0.0800. The topological polar surface area (TPSA) is 21.3 Å². The van der Waals surface area contributed by atoms with Crippen LogP contribution in [-0.2, 0) is 4.74 Å². The molecule has 1 saturated carbocycles. The van der Waals surface area contributed by atoms with Gasteiger partial charge in [-0.2, -0.15) is 0 Å². The Labute approximate surface area is 120 Å². The molecule has 1 aliphatic rings. The van der Waals surface area contributed by atoms with Crippen LogP contribution in [0.2, 0.25) is 0 Å². The molecule has 0 aromatic carbocycles. The van der Waals surface area contributed by atoms with Crippen LogP contribution < -0.4 is 5.32 Å². The molecule has 1 aliphatic carbocycles. The fourth-order valence-corrected chi connectivity index (χ4v) is 3.31. The lowest BCUT2D eigenvalue weighted by Crippen LogP contribution is -2.37. The fraction of sp³-hybridized carbons (Fsp3) is 1.00. The average Bonchev–Trinajstić information content (AvgIpc) is 2.69. The van der Waals surface area contributed by atoms with Crippen molar-refractivity contribution >= 4 is 0 Å². The lowest BCUT2D eigenvalue weighted by molar-refractivity contribution is 0.163. The van der Waals surface area contributed by atoms with Crippen LogP contribution in [0.1, 0.15) is 71.6 Å². The van der Waals surface area contributed by atoms with Crippen LogP contribution in [-0.4, -0.2) is 26.3 Å². The van der Waals surface area contributed by atoms with Crippen molar-refractivity contribution in [3.63, 3.8) is 0 Å². The van der Waals surface area contributed by atoms with E-state index in [2.05, 4.69) is 19.2 Å². The van der Waals surface area contributed by atoms with Crippen molar-refractivity contribution < 1.29 is 4.74 Å². The minimum Gasteiger partial charge on any atom is -0.385 e. The predicted octanol–water partition coefficient (Wildman–Crippen LogP) is 4.39. The monoisotopic (exact) mass is 269 g/mol. The highest BCUT2D eigenvalue weighted by Crippen LogP contribution is 2.28. The molecule has 0 aromatic rings. The smallest absolute Gasteiger partial charge is 0.0465 e. The highest BCUT2D eigenvalue weighted by Gasteiger charge is 2.22. The number of methoxy groups -OCH3 is 1. The molecule has 0 saturated heterocycles. The van der Waals surface area contributed by atoms with Crippen LogP contribution in [0.25, 0.3) is 0 Å². The molecule has 1 fully saturated rings. The Kier molecular flexibility index (Phi) is 9.54. The van der Waals surface area contributed by atoms with Gasteiger partial charge in [-0.25, -0.2) is 0 Å². The first-order chi connectivity index (χ1) is 9.27. The molecule has 1 rings (SSSR count). The van der Waals surface area contributed by atoms with Gasteiger partial charge in [-0.05, 0) is 37.6 Å². The van der Waals surface area contributed by atoms with E-state index in [1.54, 1.807) is 0 Å². The summed E-state index contributed by atoms with van der Waals surface area (Å²) in [4.78, 5) is 0. The Balaban J connectivity index is 2.41. The summed E-state index contributed by atoms with van der Waals surface area (Å²) in [5.41, 5.74) is 0. The Morgan fingerprint density at radius 1 is 1.16 bits per heavy atom. The number of nitrogens with one attached hydrogen (secondary N) is 1. The number of ether oxygens (including phenoxy) is 1. The van der Waals surface area contributed by atoms with E-state index in [1.165, 1.54) is 57.8 Å². The third kappa shape index (κ3) is 7.31. The predicted molar refractivity (Wildman–Crippen MR) is 83.5 cm³/mol. The van der Waals surface area contributed by atoms with Gasteiger partial charge in [-0.15, -0.1) is 0 Å². The maximum Gasteiger partial charge on any atom is 0.0465 e. The summed E-state index contributed by atoms with van der Waals surface area (Å²) in [7, 11) is 1.81. The second-order valence-corrected chi connectivity index (χ2v) is 6.41. The van der Waals surface area contributed by atoms with Crippen LogP contribution in [0, 0.1) is 11.8 Å². The summed E-state index contributed by atoms with van der Waals surface area (Å²) in [5, 5.41) is 3.79. The fourth-order valence-electron chi connectivity index (χ4n) is 3.31. The van der Waals surface area contributed by atoms with Gasteiger partial charge in [-0.1, -0.05) is 52.4 Å². The third-order valence-electron chi connectivity index (χ3n) is 4.68. The molecule has 2 unspecified atom stereocenters. The van der Waals surface area contributed by atoms with E-state index < -0.39 is 0 Å². The highest BCUT2D eigenvalue weighted by atomic mass is 16.5. The third-order valence-corrected chi connectivity index (χ3v) is 4.68. The molecule has 2 atom stereocenters. The molecule has 2 nitrogen and oxygen atoms in total. The van der Waals surface area contributed by atoms with E-state index in [1.807, 2.05) is 7.11 Å². The minimum absolute atomic E-state index is 0.693. The number of rotatable bonds is 9. The second kappa shape index (κ2) is 10.7. The van der Waals surface area contributed by atoms with Crippen molar-refractivity contribution in [2.45, 2.75) is 77.7 Å². The standard InChI is InChI=1S/C17H35NO/c1-4-12-18-17(15(2)11-13-19-3)14-16-9-7-5-6-8-10-16/h15-18H,4-14H2,1-3H3. The van der Waals surface area contributed by atoms with Gasteiger partial charge in [-0.3, -0.25) is 0 Å². The van der Waals surface area contributed by atoms with E-state index in [4.69, 9.17) is 4.74 Å². The first-order valence-corrected chi connectivity index (χ1v) is 8.50. The average molecular weight is 269 g/mol. The Morgan fingerprint density at radius 2 is 1.84 bits per heavy atom. The second-order valence-electron chi connectivity index (χ2n) is 6.41. The maximum atomic E-state index is 5.25. The summed E-state index contributed by atoms with van der Waals surface area (Å²) in [6, 6.07) is 0.693. The summed E-state index contributed by atoms with van der Waals surface area (Å²) < 4.78 is 5.25. The molecule has 0 heterocycles. The number of hydrogen-bond acceptors (Lipinski definition) is 2. The molecule has 0 amide bonds. The van der Waals surface area contributed by atoms with Crippen LogP contribution >= 0.6 is 0 Å². The molecule has 0 bridgehead atoms. The van der Waals surface area contributed by atoms with Gasteiger partial charge in [0.1, 0.15) is 0 Å². The largest absolute Gasteiger partial charge is 0.385 e. The van der Waals surface area contributed by atoms with Crippen LogP contribution in [0.15, 0.2) is 0 Å². The van der Waals surface area contributed by atoms with Gasteiger partial charge in [0.15, 0.2) is 0 Å². The van der Waals surface area contributed by atoms with Crippen molar-refractivity contribution in [1.82, 2.24) is 5.32 Å². The zero-order valence-corrected chi connectivity index (χ0v) is 13.4. The van der Waals surface area contributed by atoms with E-state index in [0.717, 1.165) is 25.0 Å². The molecule has 0 aliphatic heterocycles. The number of hydrogen-bond donors (Lipinski definition) is 1. The van der Waals surface area contributed by atoms with Gasteiger partial charge in [0, 0.05) is 19.8 Å². The molecule has 0 spiro atoms. The van der Waals surface area contributed by atoms with Crippen LogP contribution in [0.5, 0.6) is 0 Å². The molecular weight excluding hydrogens is 234 g/mol. The molecule has 0 aromatic heterocycles. The Morgan fingerprint density at radius 3 is 2.42 bits per heavy atom. The lowest BCUT2D eigenvalue weighted by atomic mass is 9.86. The molecule has 1 N–H and O–H groups in total. The maximum absolute atomic E-state index is 5.25. The lowest BCUT2D eigenvalue weighted by Gasteiger charge is -2.29. The van der Waals surface area contributed by atoms with Crippen molar-refractivity contribution in [2.24, 2.45) is 11.8 Å². The molecule has 2 heteroatoms. The summed E-state index contributed by atoms with van der Waals surface area (Å²) >= 11 is 0. The first-order valence-electron chi connectivity index (χ1n) is 8.50. The zero-order valence-electron chi connectivity index (χ0n) is 13.4. The first kappa shape index (κ1) is 17.0. The van der Waals surface area contributed by atoms with E-state index in [-0.39, 0.29) is 0 Å². The van der Waals surface area contributed by atoms with Gasteiger partial charge in [0.2, 0.25) is 0 Å². The molecule has 19 heavy (non-hydrogen) atoms. The van der Waals surface area contributed by atoms with E-state index >= 15 is 0 Å². The van der Waals surface area contributed by atoms with Gasteiger partial charge in [0.25, 0.3) is 0 Å². The summed E-state index contributed by atoms with van der Waals surface area (Å²) in [5.74, 6) is 1.69. The summed E-state index contributed by atoms with van der Waals surface area (Å²) in [6.45, 7) is 6.71. The van der Waals surface area contributed by atoms with Gasteiger partial charge < -0.3 is 10.1 Å². The molecule has 0 radical (unpaired) electrons. The van der Waals surface area contributed by atoms with Gasteiger partial charge in [0.05, 0.1) is 0 Å². The van der Waals surface area contributed by atoms with Crippen molar-refractivity contribution in [3.05, 3.63) is 0 Å². The summed E-state index contributed by atoms with van der Waals surface area (Å²) in [6.07, 6.45) is 12.6. The van der Waals surface area contributed by atoms with E-state index in [9.17, 15) is 0 Å². The SMILES string of the molecule is CCCNC(CC1CCCCCC1)C(C)CCOC. The minimum atomic E-state index is 0.693. The van der Waals surface area contributed by atoms with Crippen LogP contribution in [0.3, 0.4) is 0 Å². The van der Waals surface area contributed by atoms with Crippen molar-refractivity contribution in [1.29, 1.82) is 0 Å². The van der Waals surface area contributed by atoms with E-state index in [0.29, 0.717) is 6.04 Å². The quantitative estimate of drug-likeness (QED) is 0.627. The van der Waals surface area contributed by atoms with Crippen molar-refractivity contribution in [3.8, 4) is 0 Å². The normalized spacial score (nSPS) is 21.0. The van der Waals surface area contributed by atoms with Crippen molar-refractivity contribution in [2.75, 3.05) is 20.3 Å². The molecular formula is C17H35NO. The van der Waals surface area contributed by atoms with Gasteiger partial charge >= 0.3 is 0 Å².